The van der Waals surface area contributed by atoms with E-state index in [2.05, 4.69) is 20.9 Å². The second kappa shape index (κ2) is 10.9. The van der Waals surface area contributed by atoms with Gasteiger partial charge in [-0.1, -0.05) is 0 Å². The van der Waals surface area contributed by atoms with E-state index < -0.39 is 35.8 Å². The van der Waals surface area contributed by atoms with Gasteiger partial charge in [0.05, 0.1) is 0 Å². The number of imide groups is 2. The molecule has 0 fully saturated rings. The Morgan fingerprint density at radius 2 is 1.00 bits per heavy atom. The fourth-order valence-corrected chi connectivity index (χ4v) is 0.994. The van der Waals surface area contributed by atoms with Gasteiger partial charge in [-0.2, -0.15) is 0 Å². The normalized spacial score (nSPS) is 10.2. The second-order valence-electron chi connectivity index (χ2n) is 3.71. The summed E-state index contributed by atoms with van der Waals surface area (Å²) in [6.07, 6.45) is 2.90. The maximum atomic E-state index is 11.1. The van der Waals surface area contributed by atoms with Crippen LogP contribution in [-0.4, -0.2) is 49.0 Å². The number of nitrogens with one attached hydrogen (secondary N) is 2. The Hall–Kier alpha value is -3.70. The number of primary amides is 2. The van der Waals surface area contributed by atoms with Crippen LogP contribution in [0, 0.1) is 0 Å². The fraction of sp³-hybridized carbons (Fsp3) is 0.167. The van der Waals surface area contributed by atoms with Gasteiger partial charge in [-0.05, 0) is 0 Å². The van der Waals surface area contributed by atoms with Gasteiger partial charge in [0, 0.05) is 24.3 Å². The van der Waals surface area contributed by atoms with Crippen molar-refractivity contribution in [3.05, 3.63) is 24.3 Å². The van der Waals surface area contributed by atoms with Crippen LogP contribution in [-0.2, 0) is 28.7 Å². The third kappa shape index (κ3) is 12.1. The summed E-state index contributed by atoms with van der Waals surface area (Å²) in [7, 11) is 0. The number of rotatable bonds is 7. The molecule has 0 aliphatic rings. The first-order valence-corrected chi connectivity index (χ1v) is 6.11. The minimum absolute atomic E-state index is 0.326. The van der Waals surface area contributed by atoms with Gasteiger partial charge in [0.1, 0.15) is 13.2 Å². The Balaban J connectivity index is 3.96. The van der Waals surface area contributed by atoms with Crippen molar-refractivity contribution in [2.75, 3.05) is 13.2 Å². The van der Waals surface area contributed by atoms with Gasteiger partial charge in [-0.15, -0.1) is 0 Å². The van der Waals surface area contributed by atoms with Crippen LogP contribution in [0.2, 0.25) is 0 Å². The monoisotopic (exact) mass is 342 g/mol. The minimum atomic E-state index is -1.08. The van der Waals surface area contributed by atoms with Gasteiger partial charge in [0.15, 0.2) is 0 Å². The molecule has 0 spiro atoms. The second-order valence-corrected chi connectivity index (χ2v) is 3.71. The number of nitrogens with two attached hydrogens (primary N) is 2. The number of amides is 6. The number of esters is 2. The van der Waals surface area contributed by atoms with Crippen molar-refractivity contribution in [1.82, 2.24) is 10.6 Å². The summed E-state index contributed by atoms with van der Waals surface area (Å²) in [5, 5.41) is 3.36. The number of urea groups is 2. The summed E-state index contributed by atoms with van der Waals surface area (Å²) in [5.74, 6) is -3.68. The van der Waals surface area contributed by atoms with E-state index in [1.807, 2.05) is 0 Å². The van der Waals surface area contributed by atoms with E-state index in [0.29, 0.717) is 0 Å². The quantitative estimate of drug-likeness (QED) is 0.222. The molecule has 0 unspecified atom stereocenters. The largest absolute Gasteiger partial charge is 0.459 e. The topological polar surface area (TPSA) is 197 Å². The number of carbonyl (C=O) groups is 6. The van der Waals surface area contributed by atoms with Crippen molar-refractivity contribution >= 4 is 35.8 Å². The molecule has 24 heavy (non-hydrogen) atoms. The lowest BCUT2D eigenvalue weighted by molar-refractivity contribution is -0.146. The van der Waals surface area contributed by atoms with Crippen molar-refractivity contribution in [1.29, 1.82) is 0 Å². The zero-order valence-electron chi connectivity index (χ0n) is 12.1. The summed E-state index contributed by atoms with van der Waals surface area (Å²) in [6, 6.07) is -2.16. The van der Waals surface area contributed by atoms with Crippen molar-refractivity contribution in [3.63, 3.8) is 0 Å². The molecule has 0 bridgehead atoms. The van der Waals surface area contributed by atoms with Crippen LogP contribution < -0.4 is 22.1 Å². The highest BCUT2D eigenvalue weighted by molar-refractivity contribution is 6.03. The highest BCUT2D eigenvalue weighted by atomic mass is 16.6. The number of carbonyl (C=O) groups excluding carboxylic acids is 6. The Bertz CT molecular complexity index is 544. The lowest BCUT2D eigenvalue weighted by Crippen LogP contribution is -2.33. The summed E-state index contributed by atoms with van der Waals surface area (Å²) in [6.45, 7) is -0.651. The van der Waals surface area contributed by atoms with Gasteiger partial charge in [-0.3, -0.25) is 20.2 Å². The van der Waals surface area contributed by atoms with Crippen LogP contribution in [0.3, 0.4) is 0 Å². The Kier molecular flexibility index (Phi) is 9.26. The molecule has 0 aromatic carbocycles. The van der Waals surface area contributed by atoms with Crippen molar-refractivity contribution in [3.8, 4) is 0 Å². The van der Waals surface area contributed by atoms with Crippen LogP contribution in [0.15, 0.2) is 24.3 Å². The number of ether oxygens (including phenoxy) is 2. The fourth-order valence-electron chi connectivity index (χ4n) is 0.994. The molecular formula is C12H14N4O8. The summed E-state index contributed by atoms with van der Waals surface area (Å²) in [5.41, 5.74) is 9.34. The van der Waals surface area contributed by atoms with E-state index in [1.54, 1.807) is 10.6 Å². The molecule has 6 N–H and O–H groups in total. The van der Waals surface area contributed by atoms with E-state index >= 15 is 0 Å². The van der Waals surface area contributed by atoms with Crippen molar-refractivity contribution in [2.24, 2.45) is 11.5 Å². The highest BCUT2D eigenvalue weighted by Gasteiger charge is 2.04. The minimum Gasteiger partial charge on any atom is -0.459 e. The van der Waals surface area contributed by atoms with Gasteiger partial charge in [-0.25, -0.2) is 19.2 Å². The Labute approximate surface area is 134 Å². The smallest absolute Gasteiger partial charge is 0.331 e. The molecule has 0 rings (SSSR count). The average molecular weight is 342 g/mol. The molecule has 12 heteroatoms. The molecule has 0 aromatic rings. The van der Waals surface area contributed by atoms with Crippen LogP contribution in [0.5, 0.6) is 0 Å². The van der Waals surface area contributed by atoms with Gasteiger partial charge in [0.25, 0.3) is 11.8 Å². The molecule has 0 aliphatic heterocycles. The first kappa shape index (κ1) is 20.3. The zero-order valence-corrected chi connectivity index (χ0v) is 12.1. The zero-order chi connectivity index (χ0) is 18.5. The molecule has 0 aromatic heterocycles. The number of hydrogen-bond donors (Lipinski definition) is 4. The molecule has 0 saturated heterocycles. The summed E-state index contributed by atoms with van der Waals surface area (Å²) in [4.78, 5) is 64.8. The van der Waals surface area contributed by atoms with E-state index in [4.69, 9.17) is 0 Å². The first-order valence-electron chi connectivity index (χ1n) is 6.11. The molecule has 0 aliphatic carbocycles. The van der Waals surface area contributed by atoms with Crippen LogP contribution in [0.25, 0.3) is 0 Å². The summed E-state index contributed by atoms with van der Waals surface area (Å²) < 4.78 is 9.12. The SMILES string of the molecule is NC(=O)NC(=O)C=CC(=O)OCCOC(=O)C=CC(=O)NC(N)=O. The molecule has 0 heterocycles. The van der Waals surface area contributed by atoms with E-state index in [9.17, 15) is 28.8 Å². The molecule has 12 nitrogen and oxygen atoms in total. The standard InChI is InChI=1S/C12H14N4O8/c13-11(21)15-7(17)1-3-9(19)23-5-6-24-10(20)4-2-8(18)16-12(14)22/h1-4H,5-6H2,(H3,13,15,17,21)(H3,14,16,18,22). The molecule has 0 radical (unpaired) electrons. The predicted molar refractivity (Wildman–Crippen MR) is 75.7 cm³/mol. The Morgan fingerprint density at radius 1 is 0.667 bits per heavy atom. The highest BCUT2D eigenvalue weighted by Crippen LogP contribution is 1.87. The van der Waals surface area contributed by atoms with Gasteiger partial charge >= 0.3 is 24.0 Å². The predicted octanol–water partition coefficient (Wildman–Crippen LogP) is -2.42. The lowest BCUT2D eigenvalue weighted by atomic mass is 10.4. The molecule has 0 atom stereocenters. The Morgan fingerprint density at radius 3 is 1.29 bits per heavy atom. The van der Waals surface area contributed by atoms with E-state index in [-0.39, 0.29) is 13.2 Å². The first-order chi connectivity index (χ1) is 11.2. The maximum absolute atomic E-state index is 11.1. The molecule has 130 valence electrons. The van der Waals surface area contributed by atoms with E-state index in [0.717, 1.165) is 24.3 Å². The van der Waals surface area contributed by atoms with Crippen LogP contribution in [0.4, 0.5) is 9.59 Å². The van der Waals surface area contributed by atoms with Crippen LogP contribution >= 0.6 is 0 Å². The third-order valence-corrected chi connectivity index (χ3v) is 1.81. The van der Waals surface area contributed by atoms with Crippen molar-refractivity contribution < 1.29 is 38.2 Å². The van der Waals surface area contributed by atoms with E-state index in [1.165, 1.54) is 0 Å². The molecule has 6 amide bonds. The van der Waals surface area contributed by atoms with Crippen molar-refractivity contribution in [2.45, 2.75) is 0 Å². The molecule has 0 saturated carbocycles. The third-order valence-electron chi connectivity index (χ3n) is 1.81. The lowest BCUT2D eigenvalue weighted by Gasteiger charge is -2.02. The van der Waals surface area contributed by atoms with Gasteiger partial charge < -0.3 is 20.9 Å². The maximum Gasteiger partial charge on any atom is 0.331 e. The summed E-state index contributed by atoms with van der Waals surface area (Å²) >= 11 is 0. The number of hydrogen-bond acceptors (Lipinski definition) is 8. The van der Waals surface area contributed by atoms with Gasteiger partial charge in [0.2, 0.25) is 0 Å². The average Bonchev–Trinajstić information content (AvgIpc) is 2.46. The molecular weight excluding hydrogens is 328 g/mol. The van der Waals surface area contributed by atoms with Crippen LogP contribution in [0.1, 0.15) is 0 Å².